The van der Waals surface area contributed by atoms with Gasteiger partial charge in [-0.25, -0.2) is 4.98 Å². The largest absolute Gasteiger partial charge is 0.337 e. The highest BCUT2D eigenvalue weighted by Gasteiger charge is 2.29. The SMILES string of the molecule is Cc1cccc2c1CN(CCCn1ccnc1)C2CN. The molecule has 1 aromatic carbocycles. The molecule has 0 saturated carbocycles. The third kappa shape index (κ3) is 2.49. The number of hydrogen-bond donors (Lipinski definition) is 1. The van der Waals surface area contributed by atoms with Crippen molar-refractivity contribution in [2.24, 2.45) is 5.73 Å². The summed E-state index contributed by atoms with van der Waals surface area (Å²) < 4.78 is 2.13. The van der Waals surface area contributed by atoms with Crippen molar-refractivity contribution in [3.8, 4) is 0 Å². The number of benzene rings is 1. The molecule has 2 N–H and O–H groups in total. The summed E-state index contributed by atoms with van der Waals surface area (Å²) in [5, 5.41) is 0. The van der Waals surface area contributed by atoms with E-state index in [1.807, 2.05) is 18.7 Å². The Labute approximate surface area is 120 Å². The minimum Gasteiger partial charge on any atom is -0.337 e. The van der Waals surface area contributed by atoms with Gasteiger partial charge in [-0.3, -0.25) is 4.90 Å². The van der Waals surface area contributed by atoms with Gasteiger partial charge in [-0.15, -0.1) is 0 Å². The summed E-state index contributed by atoms with van der Waals surface area (Å²) >= 11 is 0. The zero-order valence-corrected chi connectivity index (χ0v) is 12.0. The highest BCUT2D eigenvalue weighted by molar-refractivity contribution is 5.40. The van der Waals surface area contributed by atoms with Crippen LogP contribution in [-0.2, 0) is 13.1 Å². The molecule has 1 unspecified atom stereocenters. The van der Waals surface area contributed by atoms with Gasteiger partial charge < -0.3 is 10.3 Å². The Bertz CT molecular complexity index is 562. The third-order valence-corrected chi connectivity index (χ3v) is 4.25. The summed E-state index contributed by atoms with van der Waals surface area (Å²) in [5.41, 5.74) is 10.3. The van der Waals surface area contributed by atoms with Gasteiger partial charge in [0, 0.05) is 44.6 Å². The number of aromatic nitrogens is 2. The van der Waals surface area contributed by atoms with Gasteiger partial charge >= 0.3 is 0 Å². The van der Waals surface area contributed by atoms with E-state index in [0.29, 0.717) is 12.6 Å². The summed E-state index contributed by atoms with van der Waals surface area (Å²) in [6.45, 7) is 6.02. The van der Waals surface area contributed by atoms with E-state index in [9.17, 15) is 0 Å². The molecule has 0 aliphatic carbocycles. The predicted octanol–water partition coefficient (Wildman–Crippen LogP) is 2.10. The average Bonchev–Trinajstić information content (AvgIpc) is 3.07. The zero-order chi connectivity index (χ0) is 13.9. The van der Waals surface area contributed by atoms with Gasteiger partial charge in [0.15, 0.2) is 0 Å². The Balaban J connectivity index is 1.65. The number of nitrogens with zero attached hydrogens (tertiary/aromatic N) is 3. The second-order valence-electron chi connectivity index (χ2n) is 5.52. The van der Waals surface area contributed by atoms with Crippen LogP contribution in [0.25, 0.3) is 0 Å². The summed E-state index contributed by atoms with van der Waals surface area (Å²) in [6, 6.07) is 6.95. The molecule has 4 heteroatoms. The smallest absolute Gasteiger partial charge is 0.0945 e. The van der Waals surface area contributed by atoms with Gasteiger partial charge in [0.2, 0.25) is 0 Å². The first-order valence-electron chi connectivity index (χ1n) is 7.28. The number of fused-ring (bicyclic) bond motifs is 1. The van der Waals surface area contributed by atoms with E-state index >= 15 is 0 Å². The standard InChI is InChI=1S/C16H22N4/c1-13-4-2-5-14-15(13)11-20(16(14)10-17)8-3-7-19-9-6-18-12-19/h2,4-6,9,12,16H,3,7-8,10-11,17H2,1H3. The molecular weight excluding hydrogens is 248 g/mol. The van der Waals surface area contributed by atoms with Crippen molar-refractivity contribution in [1.29, 1.82) is 0 Å². The van der Waals surface area contributed by atoms with Crippen LogP contribution < -0.4 is 5.73 Å². The number of nitrogens with two attached hydrogens (primary N) is 1. The molecular formula is C16H22N4. The molecule has 0 bridgehead atoms. The molecule has 1 aromatic heterocycles. The van der Waals surface area contributed by atoms with Crippen molar-refractivity contribution in [3.05, 3.63) is 53.6 Å². The van der Waals surface area contributed by atoms with Gasteiger partial charge in [0.05, 0.1) is 6.33 Å². The molecule has 3 rings (SSSR count). The average molecular weight is 270 g/mol. The lowest BCUT2D eigenvalue weighted by Gasteiger charge is -2.23. The molecule has 1 aliphatic heterocycles. The van der Waals surface area contributed by atoms with E-state index in [4.69, 9.17) is 5.73 Å². The van der Waals surface area contributed by atoms with Gasteiger partial charge in [0.25, 0.3) is 0 Å². The molecule has 2 heterocycles. The Morgan fingerprint density at radius 3 is 3.00 bits per heavy atom. The van der Waals surface area contributed by atoms with Crippen LogP contribution in [0.15, 0.2) is 36.9 Å². The maximum atomic E-state index is 6.00. The van der Waals surface area contributed by atoms with Crippen molar-refractivity contribution in [3.63, 3.8) is 0 Å². The highest BCUT2D eigenvalue weighted by atomic mass is 15.2. The van der Waals surface area contributed by atoms with Gasteiger partial charge in [-0.2, -0.15) is 0 Å². The van der Waals surface area contributed by atoms with Crippen LogP contribution in [0.4, 0.5) is 0 Å². The van der Waals surface area contributed by atoms with Gasteiger partial charge in [-0.1, -0.05) is 18.2 Å². The first-order chi connectivity index (χ1) is 9.79. The fraction of sp³-hybridized carbons (Fsp3) is 0.438. The number of imidazole rings is 1. The Morgan fingerprint density at radius 1 is 1.35 bits per heavy atom. The molecule has 1 atom stereocenters. The molecule has 20 heavy (non-hydrogen) atoms. The summed E-state index contributed by atoms with van der Waals surface area (Å²) in [7, 11) is 0. The van der Waals surface area contributed by atoms with Crippen LogP contribution in [0.1, 0.15) is 29.2 Å². The minimum absolute atomic E-state index is 0.382. The Morgan fingerprint density at radius 2 is 2.25 bits per heavy atom. The van der Waals surface area contributed by atoms with E-state index < -0.39 is 0 Å². The molecule has 0 fully saturated rings. The van der Waals surface area contributed by atoms with Crippen molar-refractivity contribution in [2.75, 3.05) is 13.1 Å². The van der Waals surface area contributed by atoms with Gasteiger partial charge in [0.1, 0.15) is 0 Å². The van der Waals surface area contributed by atoms with E-state index in [1.54, 1.807) is 0 Å². The summed E-state index contributed by atoms with van der Waals surface area (Å²) in [5.74, 6) is 0. The predicted molar refractivity (Wildman–Crippen MR) is 80.2 cm³/mol. The first kappa shape index (κ1) is 13.3. The van der Waals surface area contributed by atoms with E-state index in [1.165, 1.54) is 16.7 Å². The molecule has 0 spiro atoms. The van der Waals surface area contributed by atoms with Crippen LogP contribution in [-0.4, -0.2) is 27.5 Å². The molecule has 0 amide bonds. The van der Waals surface area contributed by atoms with Crippen molar-refractivity contribution in [2.45, 2.75) is 32.5 Å². The van der Waals surface area contributed by atoms with Crippen molar-refractivity contribution in [1.82, 2.24) is 14.5 Å². The number of aryl methyl sites for hydroxylation is 2. The lowest BCUT2D eigenvalue weighted by molar-refractivity contribution is 0.213. The monoisotopic (exact) mass is 270 g/mol. The quantitative estimate of drug-likeness (QED) is 0.905. The molecule has 1 aliphatic rings. The van der Waals surface area contributed by atoms with Crippen molar-refractivity contribution >= 4 is 0 Å². The van der Waals surface area contributed by atoms with E-state index in [2.05, 4.69) is 39.6 Å². The van der Waals surface area contributed by atoms with Crippen LogP contribution in [0, 0.1) is 6.92 Å². The third-order valence-electron chi connectivity index (χ3n) is 4.25. The van der Waals surface area contributed by atoms with Crippen LogP contribution in [0.2, 0.25) is 0 Å². The number of hydrogen-bond acceptors (Lipinski definition) is 3. The van der Waals surface area contributed by atoms with E-state index in [0.717, 1.165) is 26.1 Å². The number of rotatable bonds is 5. The van der Waals surface area contributed by atoms with Gasteiger partial charge in [-0.05, 0) is 30.0 Å². The Kier molecular flexibility index (Phi) is 3.85. The molecule has 0 saturated heterocycles. The topological polar surface area (TPSA) is 47.1 Å². The van der Waals surface area contributed by atoms with Crippen molar-refractivity contribution < 1.29 is 0 Å². The first-order valence-corrected chi connectivity index (χ1v) is 7.28. The fourth-order valence-electron chi connectivity index (χ4n) is 3.15. The van der Waals surface area contributed by atoms with Crippen LogP contribution >= 0.6 is 0 Å². The Hall–Kier alpha value is -1.65. The second-order valence-corrected chi connectivity index (χ2v) is 5.52. The fourth-order valence-corrected chi connectivity index (χ4v) is 3.15. The maximum absolute atomic E-state index is 6.00. The zero-order valence-electron chi connectivity index (χ0n) is 12.0. The normalized spacial score (nSPS) is 18.4. The summed E-state index contributed by atoms with van der Waals surface area (Å²) in [6.07, 6.45) is 6.85. The summed E-state index contributed by atoms with van der Waals surface area (Å²) in [4.78, 5) is 6.59. The minimum atomic E-state index is 0.382. The molecule has 0 radical (unpaired) electrons. The molecule has 4 nitrogen and oxygen atoms in total. The maximum Gasteiger partial charge on any atom is 0.0945 e. The highest BCUT2D eigenvalue weighted by Crippen LogP contribution is 2.34. The lowest BCUT2D eigenvalue weighted by Crippen LogP contribution is -2.29. The van der Waals surface area contributed by atoms with Crippen LogP contribution in [0.3, 0.4) is 0 Å². The van der Waals surface area contributed by atoms with Crippen LogP contribution in [0.5, 0.6) is 0 Å². The second kappa shape index (κ2) is 5.77. The molecule has 2 aromatic rings. The molecule has 106 valence electrons. The van der Waals surface area contributed by atoms with E-state index in [-0.39, 0.29) is 0 Å². The lowest BCUT2D eigenvalue weighted by atomic mass is 10.0.